The molecule has 1 aliphatic rings. The molecule has 0 unspecified atom stereocenters. The molecule has 172 valence electrons. The number of anilines is 2. The number of ether oxygens (including phenoxy) is 3. The first kappa shape index (κ1) is 23.3. The van der Waals surface area contributed by atoms with E-state index in [-0.39, 0.29) is 22.4 Å². The van der Waals surface area contributed by atoms with Crippen molar-refractivity contribution in [3.63, 3.8) is 0 Å². The summed E-state index contributed by atoms with van der Waals surface area (Å²) >= 11 is 0. The molecule has 11 nitrogen and oxygen atoms in total. The van der Waals surface area contributed by atoms with Gasteiger partial charge in [0.25, 0.3) is 0 Å². The molecule has 1 aromatic heterocycles. The molecule has 0 N–H and O–H groups in total. The van der Waals surface area contributed by atoms with Crippen LogP contribution in [0.15, 0.2) is 10.7 Å². The van der Waals surface area contributed by atoms with Gasteiger partial charge in [0.15, 0.2) is 5.52 Å². The normalized spacial score (nSPS) is 14.7. The van der Waals surface area contributed by atoms with E-state index < -0.39 is 23.4 Å². The Morgan fingerprint density at radius 1 is 1.03 bits per heavy atom. The summed E-state index contributed by atoms with van der Waals surface area (Å²) in [5, 5.41) is 7.89. The molecule has 0 bridgehead atoms. The average molecular weight is 445 g/mol. The fraction of sp³-hybridized carbons (Fsp3) is 0.571. The van der Waals surface area contributed by atoms with Crippen LogP contribution in [0.4, 0.5) is 26.7 Å². The van der Waals surface area contributed by atoms with Gasteiger partial charge in [0.1, 0.15) is 16.7 Å². The lowest BCUT2D eigenvalue weighted by Crippen LogP contribution is -2.44. The van der Waals surface area contributed by atoms with E-state index >= 15 is 0 Å². The zero-order chi connectivity index (χ0) is 23.7. The molecule has 0 saturated carbocycles. The molecule has 0 radical (unpaired) electrons. The molecule has 11 heteroatoms. The summed E-state index contributed by atoms with van der Waals surface area (Å²) in [6.45, 7) is 19.9. The van der Waals surface area contributed by atoms with E-state index in [0.717, 1.165) is 4.90 Å². The Morgan fingerprint density at radius 3 is 2.06 bits per heavy atom. The van der Waals surface area contributed by atoms with Crippen LogP contribution in [-0.2, 0) is 14.2 Å². The minimum atomic E-state index is -0.967. The number of benzene rings is 1. The molecule has 0 spiro atoms. The highest BCUT2D eigenvalue weighted by Crippen LogP contribution is 2.42. The van der Waals surface area contributed by atoms with Crippen molar-refractivity contribution >= 4 is 40.3 Å². The van der Waals surface area contributed by atoms with Crippen molar-refractivity contribution < 1.29 is 28.4 Å². The minimum Gasteiger partial charge on any atom is -0.443 e. The number of aromatic nitrogens is 2. The van der Waals surface area contributed by atoms with Crippen LogP contribution in [0.5, 0.6) is 0 Å². The Kier molecular flexibility index (Phi) is 6.27. The van der Waals surface area contributed by atoms with Crippen LogP contribution < -0.4 is 9.80 Å². The second-order valence-corrected chi connectivity index (χ2v) is 9.23. The van der Waals surface area contributed by atoms with Crippen molar-refractivity contribution in [2.24, 2.45) is 0 Å². The molecule has 0 aliphatic carbocycles. The van der Waals surface area contributed by atoms with Crippen LogP contribution >= 0.6 is 0 Å². The van der Waals surface area contributed by atoms with Crippen LogP contribution in [-0.4, -0.2) is 60.0 Å². The second kappa shape index (κ2) is 8.63. The standard InChI is InChI=1S/C21H27N5O6/c1-20(2,3)30-18(27)26(19(28)31-21(4,5)6)14-12-13(22-7)17(16-15(14)23-32-24-16)25-8-10-29-11-9-25/h12H,8-11H2,1-6H3. The largest absolute Gasteiger partial charge is 0.443 e. The molecule has 2 heterocycles. The monoisotopic (exact) mass is 445 g/mol. The lowest BCUT2D eigenvalue weighted by molar-refractivity contribution is 0.0431. The SMILES string of the molecule is [C-]#[N+]c1cc(N(C(=O)OC(C)(C)C)C(=O)OC(C)(C)C)c2nonc2c1N1CCOCC1. The van der Waals surface area contributed by atoms with Crippen molar-refractivity contribution in [2.45, 2.75) is 52.7 Å². The highest BCUT2D eigenvalue weighted by Gasteiger charge is 2.36. The molecule has 1 fully saturated rings. The Morgan fingerprint density at radius 2 is 1.56 bits per heavy atom. The predicted molar refractivity (Wildman–Crippen MR) is 116 cm³/mol. The number of morpholine rings is 1. The van der Waals surface area contributed by atoms with E-state index in [9.17, 15) is 9.59 Å². The van der Waals surface area contributed by atoms with Crippen molar-refractivity contribution in [3.8, 4) is 0 Å². The fourth-order valence-corrected chi connectivity index (χ4v) is 3.14. The summed E-state index contributed by atoms with van der Waals surface area (Å²) in [5.41, 5.74) is -0.682. The number of hydrogen-bond donors (Lipinski definition) is 0. The number of carbonyl (C=O) groups is 2. The highest BCUT2D eigenvalue weighted by molar-refractivity contribution is 6.16. The Hall–Kier alpha value is -3.39. The summed E-state index contributed by atoms with van der Waals surface area (Å²) in [7, 11) is 0. The molecule has 0 atom stereocenters. The van der Waals surface area contributed by atoms with Gasteiger partial charge in [-0.15, -0.1) is 0 Å². The molecule has 1 aromatic carbocycles. The van der Waals surface area contributed by atoms with Crippen molar-refractivity contribution in [1.29, 1.82) is 0 Å². The quantitative estimate of drug-likeness (QED) is 0.625. The number of fused-ring (bicyclic) bond motifs is 1. The summed E-state index contributed by atoms with van der Waals surface area (Å²) in [6.07, 6.45) is -1.93. The minimum absolute atomic E-state index is 0.00670. The Bertz CT molecular complexity index is 1030. The van der Waals surface area contributed by atoms with Crippen LogP contribution in [0.1, 0.15) is 41.5 Å². The van der Waals surface area contributed by atoms with Gasteiger partial charge in [-0.2, -0.15) is 4.90 Å². The van der Waals surface area contributed by atoms with Gasteiger partial charge in [0, 0.05) is 13.1 Å². The third kappa shape index (κ3) is 5.08. The maximum absolute atomic E-state index is 13.1. The first-order valence-corrected chi connectivity index (χ1v) is 10.2. The molecule has 2 amide bonds. The van der Waals surface area contributed by atoms with E-state index in [1.54, 1.807) is 41.5 Å². The molecule has 1 saturated heterocycles. The summed E-state index contributed by atoms with van der Waals surface area (Å²) in [4.78, 5) is 32.4. The summed E-state index contributed by atoms with van der Waals surface area (Å²) in [6, 6.07) is 1.40. The highest BCUT2D eigenvalue weighted by atomic mass is 16.6. The van der Waals surface area contributed by atoms with E-state index in [0.29, 0.717) is 32.0 Å². The van der Waals surface area contributed by atoms with Gasteiger partial charge in [-0.25, -0.2) is 19.1 Å². The van der Waals surface area contributed by atoms with Gasteiger partial charge in [-0.05, 0) is 57.9 Å². The van der Waals surface area contributed by atoms with E-state index in [2.05, 4.69) is 15.2 Å². The van der Waals surface area contributed by atoms with Gasteiger partial charge in [-0.1, -0.05) is 0 Å². The molecule has 1 aliphatic heterocycles. The topological polar surface area (TPSA) is 112 Å². The fourth-order valence-electron chi connectivity index (χ4n) is 3.14. The van der Waals surface area contributed by atoms with Gasteiger partial charge in [0.05, 0.1) is 31.2 Å². The van der Waals surface area contributed by atoms with E-state index in [4.69, 9.17) is 25.4 Å². The Labute approximate surface area is 186 Å². The number of nitrogens with zero attached hydrogens (tertiary/aromatic N) is 5. The number of amides is 2. The third-order valence-electron chi connectivity index (χ3n) is 4.31. The summed E-state index contributed by atoms with van der Waals surface area (Å²) in [5.74, 6) is 0. The number of hydrogen-bond acceptors (Lipinski definition) is 9. The van der Waals surface area contributed by atoms with Gasteiger partial charge >= 0.3 is 12.2 Å². The predicted octanol–water partition coefficient (Wildman–Crippen LogP) is 4.29. The zero-order valence-corrected chi connectivity index (χ0v) is 19.1. The van der Waals surface area contributed by atoms with Crippen molar-refractivity contribution in [3.05, 3.63) is 17.5 Å². The average Bonchev–Trinajstić information content (AvgIpc) is 3.15. The third-order valence-corrected chi connectivity index (χ3v) is 4.31. The number of rotatable bonds is 2. The molecular formula is C21H27N5O6. The first-order chi connectivity index (χ1) is 14.9. The van der Waals surface area contributed by atoms with Crippen LogP contribution in [0.25, 0.3) is 15.9 Å². The van der Waals surface area contributed by atoms with Crippen molar-refractivity contribution in [2.75, 3.05) is 36.1 Å². The molecular weight excluding hydrogens is 418 g/mol. The first-order valence-electron chi connectivity index (χ1n) is 10.2. The smallest absolute Gasteiger partial charge is 0.424 e. The van der Waals surface area contributed by atoms with E-state index in [1.807, 2.05) is 4.90 Å². The maximum Gasteiger partial charge on any atom is 0.424 e. The van der Waals surface area contributed by atoms with Crippen molar-refractivity contribution in [1.82, 2.24) is 10.3 Å². The van der Waals surface area contributed by atoms with Crippen LogP contribution in [0.3, 0.4) is 0 Å². The number of carbonyl (C=O) groups excluding carboxylic acids is 2. The van der Waals surface area contributed by atoms with E-state index in [1.165, 1.54) is 6.07 Å². The second-order valence-electron chi connectivity index (χ2n) is 9.23. The lowest BCUT2D eigenvalue weighted by Gasteiger charge is -2.31. The van der Waals surface area contributed by atoms with Crippen LogP contribution in [0.2, 0.25) is 0 Å². The lowest BCUT2D eigenvalue weighted by atomic mass is 10.1. The van der Waals surface area contributed by atoms with Gasteiger partial charge in [0.2, 0.25) is 5.69 Å². The van der Waals surface area contributed by atoms with Gasteiger partial charge in [-0.3, -0.25) is 0 Å². The van der Waals surface area contributed by atoms with Crippen LogP contribution in [0, 0.1) is 6.57 Å². The zero-order valence-electron chi connectivity index (χ0n) is 19.1. The van der Waals surface area contributed by atoms with Gasteiger partial charge < -0.3 is 19.1 Å². The molecule has 2 aromatic rings. The Balaban J connectivity index is 2.18. The summed E-state index contributed by atoms with van der Waals surface area (Å²) < 4.78 is 21.2. The maximum atomic E-state index is 13.1. The molecule has 32 heavy (non-hydrogen) atoms. The number of imide groups is 1. The molecule has 3 rings (SSSR count).